The number of benzene rings is 2. The second-order valence-electron chi connectivity index (χ2n) is 7.91. The molecule has 2 amide bonds. The number of carbonyl (C=O) groups is 2. The molecule has 2 aromatic rings. The first-order valence-corrected chi connectivity index (χ1v) is 11.2. The first kappa shape index (κ1) is 24.3. The molecule has 0 saturated carbocycles. The van der Waals surface area contributed by atoms with E-state index in [-0.39, 0.29) is 24.3 Å². The molecule has 0 aromatic heterocycles. The highest BCUT2D eigenvalue weighted by molar-refractivity contribution is 5.96. The van der Waals surface area contributed by atoms with E-state index in [1.54, 1.807) is 24.3 Å². The van der Waals surface area contributed by atoms with E-state index >= 15 is 0 Å². The van der Waals surface area contributed by atoms with Crippen LogP contribution in [0.5, 0.6) is 5.75 Å². The summed E-state index contributed by atoms with van der Waals surface area (Å²) in [5.41, 5.74) is 2.14. The van der Waals surface area contributed by atoms with Crippen molar-refractivity contribution in [3.63, 3.8) is 0 Å². The summed E-state index contributed by atoms with van der Waals surface area (Å²) in [5.74, 6) is 0.504. The van der Waals surface area contributed by atoms with Gasteiger partial charge in [0.1, 0.15) is 5.75 Å². The number of ether oxygens (including phenoxy) is 1. The number of anilines is 3. The zero-order valence-corrected chi connectivity index (χ0v) is 18.9. The molecule has 0 heterocycles. The van der Waals surface area contributed by atoms with Crippen LogP contribution in [-0.2, 0) is 9.59 Å². The molecule has 0 spiro atoms. The Morgan fingerprint density at radius 3 is 2.23 bits per heavy atom. The Bertz CT molecular complexity index is 819. The van der Waals surface area contributed by atoms with Gasteiger partial charge in [-0.05, 0) is 48.9 Å². The molecule has 3 N–H and O–H groups in total. The third kappa shape index (κ3) is 9.55. The van der Waals surface area contributed by atoms with Crippen LogP contribution in [0.25, 0.3) is 0 Å². The van der Waals surface area contributed by atoms with Crippen molar-refractivity contribution < 1.29 is 14.3 Å². The van der Waals surface area contributed by atoms with Gasteiger partial charge < -0.3 is 20.7 Å². The van der Waals surface area contributed by atoms with E-state index in [9.17, 15) is 9.59 Å². The number of unbranched alkanes of at least 4 members (excludes halogenated alkanes) is 4. The second-order valence-corrected chi connectivity index (χ2v) is 7.91. The van der Waals surface area contributed by atoms with Crippen LogP contribution in [0.1, 0.15) is 52.9 Å². The monoisotopic (exact) mass is 425 g/mol. The van der Waals surface area contributed by atoms with Crippen LogP contribution in [0.15, 0.2) is 48.5 Å². The normalized spacial score (nSPS) is 10.6. The summed E-state index contributed by atoms with van der Waals surface area (Å²) in [6.45, 7) is 6.75. The summed E-state index contributed by atoms with van der Waals surface area (Å²) in [6.07, 6.45) is 6.07. The van der Waals surface area contributed by atoms with Crippen LogP contribution < -0.4 is 20.7 Å². The van der Waals surface area contributed by atoms with E-state index in [2.05, 4.69) is 22.9 Å². The quantitative estimate of drug-likeness (QED) is 0.361. The Hall–Kier alpha value is -3.02. The molecule has 0 aliphatic carbocycles. The van der Waals surface area contributed by atoms with Gasteiger partial charge in [-0.3, -0.25) is 9.59 Å². The highest BCUT2D eigenvalue weighted by atomic mass is 16.5. The minimum atomic E-state index is -0.167. The Kier molecular flexibility index (Phi) is 10.4. The maximum atomic E-state index is 12.3. The van der Waals surface area contributed by atoms with E-state index in [1.807, 2.05) is 38.1 Å². The maximum absolute atomic E-state index is 12.3. The first-order chi connectivity index (χ1) is 15.0. The Labute approximate surface area is 185 Å². The number of nitrogens with one attached hydrogen (secondary N) is 3. The lowest BCUT2D eigenvalue weighted by atomic mass is 10.2. The van der Waals surface area contributed by atoms with Crippen molar-refractivity contribution in [2.24, 2.45) is 5.92 Å². The molecule has 6 nitrogen and oxygen atoms in total. The van der Waals surface area contributed by atoms with Crippen LogP contribution in [0, 0.1) is 5.92 Å². The van der Waals surface area contributed by atoms with Gasteiger partial charge in [-0.15, -0.1) is 0 Å². The topological polar surface area (TPSA) is 79.5 Å². The summed E-state index contributed by atoms with van der Waals surface area (Å²) in [7, 11) is 0. The number of carbonyl (C=O) groups excluding carboxylic acids is 2. The van der Waals surface area contributed by atoms with Gasteiger partial charge in [0.05, 0.1) is 13.2 Å². The molecule has 0 atom stereocenters. The maximum Gasteiger partial charge on any atom is 0.243 e. The minimum Gasteiger partial charge on any atom is -0.494 e. The molecule has 2 aromatic carbocycles. The van der Waals surface area contributed by atoms with Crippen molar-refractivity contribution in [3.8, 4) is 5.75 Å². The van der Waals surface area contributed by atoms with Gasteiger partial charge in [-0.2, -0.15) is 0 Å². The van der Waals surface area contributed by atoms with Crippen molar-refractivity contribution in [1.29, 1.82) is 0 Å². The van der Waals surface area contributed by atoms with Crippen LogP contribution in [0.2, 0.25) is 0 Å². The van der Waals surface area contributed by atoms with Crippen molar-refractivity contribution in [2.75, 3.05) is 29.1 Å². The summed E-state index contributed by atoms with van der Waals surface area (Å²) in [5, 5.41) is 8.77. The van der Waals surface area contributed by atoms with E-state index in [0.29, 0.717) is 11.4 Å². The fourth-order valence-electron chi connectivity index (χ4n) is 2.91. The number of hydrogen-bond acceptors (Lipinski definition) is 4. The molecule has 0 aliphatic heterocycles. The zero-order chi connectivity index (χ0) is 22.5. The summed E-state index contributed by atoms with van der Waals surface area (Å²) in [4.78, 5) is 24.1. The smallest absolute Gasteiger partial charge is 0.243 e. The molecule has 0 saturated heterocycles. The second kappa shape index (κ2) is 13.3. The Morgan fingerprint density at radius 2 is 1.55 bits per heavy atom. The largest absolute Gasteiger partial charge is 0.494 e. The van der Waals surface area contributed by atoms with Gasteiger partial charge >= 0.3 is 0 Å². The van der Waals surface area contributed by atoms with Crippen molar-refractivity contribution in [3.05, 3.63) is 48.5 Å². The lowest BCUT2D eigenvalue weighted by molar-refractivity contribution is -0.119. The van der Waals surface area contributed by atoms with Crippen LogP contribution in [0.3, 0.4) is 0 Å². The van der Waals surface area contributed by atoms with E-state index in [0.717, 1.165) is 24.5 Å². The van der Waals surface area contributed by atoms with E-state index in [4.69, 9.17) is 4.74 Å². The predicted molar refractivity (Wildman–Crippen MR) is 128 cm³/mol. The summed E-state index contributed by atoms with van der Waals surface area (Å²) in [6, 6.07) is 14.7. The fourth-order valence-corrected chi connectivity index (χ4v) is 2.91. The SMILES string of the molecule is CCCCCCCOc1ccc(NCC(=O)Nc2cccc(NC(=O)C(C)C)c2)cc1. The standard InChI is InChI=1S/C25H35N3O3/c1-4-5-6-7-8-16-31-23-14-12-20(13-15-23)26-18-24(29)27-21-10-9-11-22(17-21)28-25(30)19(2)3/h9-15,17,19,26H,4-8,16,18H2,1-3H3,(H,27,29)(H,28,30). The van der Waals surface area contributed by atoms with Gasteiger partial charge in [-0.1, -0.05) is 52.5 Å². The molecule has 2 rings (SSSR count). The minimum absolute atomic E-state index is 0.0611. The van der Waals surface area contributed by atoms with Crippen molar-refractivity contribution in [2.45, 2.75) is 52.9 Å². The third-order valence-electron chi connectivity index (χ3n) is 4.76. The van der Waals surface area contributed by atoms with Gasteiger partial charge in [-0.25, -0.2) is 0 Å². The van der Waals surface area contributed by atoms with Crippen LogP contribution in [0.4, 0.5) is 17.1 Å². The predicted octanol–water partition coefficient (Wildman–Crippen LogP) is 5.68. The lowest BCUT2D eigenvalue weighted by Crippen LogP contribution is -2.22. The molecule has 0 fully saturated rings. The molecule has 6 heteroatoms. The van der Waals surface area contributed by atoms with Crippen molar-refractivity contribution >= 4 is 28.9 Å². The lowest BCUT2D eigenvalue weighted by Gasteiger charge is -2.11. The molecule has 31 heavy (non-hydrogen) atoms. The number of amides is 2. The Balaban J connectivity index is 1.73. The number of hydrogen-bond donors (Lipinski definition) is 3. The average molecular weight is 426 g/mol. The fraction of sp³-hybridized carbons (Fsp3) is 0.440. The third-order valence-corrected chi connectivity index (χ3v) is 4.76. The van der Waals surface area contributed by atoms with E-state index < -0.39 is 0 Å². The van der Waals surface area contributed by atoms with Crippen LogP contribution >= 0.6 is 0 Å². The van der Waals surface area contributed by atoms with Crippen molar-refractivity contribution in [1.82, 2.24) is 0 Å². The highest BCUT2D eigenvalue weighted by Gasteiger charge is 2.08. The zero-order valence-electron chi connectivity index (χ0n) is 18.9. The Morgan fingerprint density at radius 1 is 0.871 bits per heavy atom. The van der Waals surface area contributed by atoms with Crippen LogP contribution in [-0.4, -0.2) is 25.0 Å². The summed E-state index contributed by atoms with van der Waals surface area (Å²) >= 11 is 0. The van der Waals surface area contributed by atoms with Gasteiger partial charge in [0, 0.05) is 23.0 Å². The van der Waals surface area contributed by atoms with Gasteiger partial charge in [0.15, 0.2) is 0 Å². The molecule has 168 valence electrons. The molecule has 0 bridgehead atoms. The molecule has 0 radical (unpaired) electrons. The average Bonchev–Trinajstić information content (AvgIpc) is 2.75. The van der Waals surface area contributed by atoms with Gasteiger partial charge in [0.2, 0.25) is 11.8 Å². The molecule has 0 aliphatic rings. The van der Waals surface area contributed by atoms with E-state index in [1.165, 1.54) is 25.7 Å². The highest BCUT2D eigenvalue weighted by Crippen LogP contribution is 2.18. The summed E-state index contributed by atoms with van der Waals surface area (Å²) < 4.78 is 5.76. The molecular weight excluding hydrogens is 390 g/mol. The first-order valence-electron chi connectivity index (χ1n) is 11.2. The van der Waals surface area contributed by atoms with Gasteiger partial charge in [0.25, 0.3) is 0 Å². The molecular formula is C25H35N3O3. The molecule has 0 unspecified atom stereocenters. The number of rotatable bonds is 13.